The summed E-state index contributed by atoms with van der Waals surface area (Å²) in [6, 6.07) is -0.925. The van der Waals surface area contributed by atoms with Crippen LogP contribution in [0.3, 0.4) is 0 Å². The standard InChI is InChI=1S/C9H16F2N2O3/c1-6(14)12-7(9(15)16-3)4-13(2)5-8(10)11/h7-8H,4-5H2,1-3H3,(H,12,14). The minimum Gasteiger partial charge on any atom is -0.467 e. The van der Waals surface area contributed by atoms with E-state index in [4.69, 9.17) is 0 Å². The van der Waals surface area contributed by atoms with E-state index < -0.39 is 30.9 Å². The quantitative estimate of drug-likeness (QED) is 0.654. The van der Waals surface area contributed by atoms with Crippen molar-refractivity contribution in [3.8, 4) is 0 Å². The Morgan fingerprint density at radius 3 is 2.31 bits per heavy atom. The Hall–Kier alpha value is -1.24. The summed E-state index contributed by atoms with van der Waals surface area (Å²) in [4.78, 5) is 23.3. The Kier molecular flexibility index (Phi) is 6.55. The van der Waals surface area contributed by atoms with Gasteiger partial charge in [0.05, 0.1) is 13.7 Å². The molecule has 16 heavy (non-hydrogen) atoms. The van der Waals surface area contributed by atoms with E-state index in [9.17, 15) is 18.4 Å². The van der Waals surface area contributed by atoms with Gasteiger partial charge in [0, 0.05) is 13.5 Å². The third-order valence-electron chi connectivity index (χ3n) is 1.81. The number of amides is 1. The lowest BCUT2D eigenvalue weighted by molar-refractivity contribution is -0.145. The SMILES string of the molecule is COC(=O)C(CN(C)CC(F)F)NC(C)=O. The van der Waals surface area contributed by atoms with Crippen LogP contribution in [0.25, 0.3) is 0 Å². The van der Waals surface area contributed by atoms with E-state index in [0.717, 1.165) is 0 Å². The molecule has 1 atom stereocenters. The van der Waals surface area contributed by atoms with E-state index >= 15 is 0 Å². The fraction of sp³-hybridized carbons (Fsp3) is 0.778. The zero-order valence-electron chi connectivity index (χ0n) is 9.50. The van der Waals surface area contributed by atoms with Gasteiger partial charge in [0.15, 0.2) is 0 Å². The fourth-order valence-electron chi connectivity index (χ4n) is 1.19. The zero-order valence-corrected chi connectivity index (χ0v) is 9.50. The van der Waals surface area contributed by atoms with Crippen LogP contribution in [0.5, 0.6) is 0 Å². The molecular formula is C9H16F2N2O3. The Labute approximate surface area is 92.7 Å². The molecule has 1 N–H and O–H groups in total. The molecule has 0 spiro atoms. The van der Waals surface area contributed by atoms with Crippen molar-refractivity contribution in [3.05, 3.63) is 0 Å². The maximum absolute atomic E-state index is 12.0. The molecule has 0 aromatic carbocycles. The van der Waals surface area contributed by atoms with Gasteiger partial charge < -0.3 is 10.1 Å². The first-order chi connectivity index (χ1) is 7.36. The van der Waals surface area contributed by atoms with Crippen molar-refractivity contribution in [1.82, 2.24) is 10.2 Å². The average Bonchev–Trinajstić information content (AvgIpc) is 2.13. The van der Waals surface area contributed by atoms with Gasteiger partial charge >= 0.3 is 5.97 Å². The highest BCUT2D eigenvalue weighted by Crippen LogP contribution is 1.98. The van der Waals surface area contributed by atoms with Crippen LogP contribution in [-0.2, 0) is 14.3 Å². The highest BCUT2D eigenvalue weighted by Gasteiger charge is 2.22. The lowest BCUT2D eigenvalue weighted by Gasteiger charge is -2.22. The Morgan fingerprint density at radius 1 is 1.38 bits per heavy atom. The van der Waals surface area contributed by atoms with Crippen molar-refractivity contribution in [1.29, 1.82) is 0 Å². The molecule has 5 nitrogen and oxygen atoms in total. The molecule has 0 aliphatic rings. The second kappa shape index (κ2) is 7.10. The summed E-state index contributed by atoms with van der Waals surface area (Å²) < 4.78 is 28.5. The van der Waals surface area contributed by atoms with Crippen LogP contribution < -0.4 is 5.32 Å². The lowest BCUT2D eigenvalue weighted by atomic mass is 10.2. The third-order valence-corrected chi connectivity index (χ3v) is 1.81. The number of nitrogens with zero attached hydrogens (tertiary/aromatic N) is 1. The number of halogens is 2. The lowest BCUT2D eigenvalue weighted by Crippen LogP contribution is -2.48. The molecule has 0 saturated heterocycles. The van der Waals surface area contributed by atoms with Crippen LogP contribution in [0.4, 0.5) is 8.78 Å². The average molecular weight is 238 g/mol. The number of carbonyl (C=O) groups excluding carboxylic acids is 2. The molecule has 0 aliphatic heterocycles. The Balaban J connectivity index is 4.30. The van der Waals surface area contributed by atoms with Gasteiger partial charge in [-0.25, -0.2) is 13.6 Å². The van der Waals surface area contributed by atoms with E-state index in [2.05, 4.69) is 10.1 Å². The first-order valence-electron chi connectivity index (χ1n) is 4.68. The number of esters is 1. The second-order valence-corrected chi connectivity index (χ2v) is 3.39. The number of ether oxygens (including phenoxy) is 1. The molecule has 7 heteroatoms. The Morgan fingerprint density at radius 2 is 1.94 bits per heavy atom. The summed E-state index contributed by atoms with van der Waals surface area (Å²) in [5, 5.41) is 2.33. The topological polar surface area (TPSA) is 58.6 Å². The van der Waals surface area contributed by atoms with Crippen molar-refractivity contribution in [2.45, 2.75) is 19.4 Å². The van der Waals surface area contributed by atoms with Crippen LogP contribution in [0.1, 0.15) is 6.92 Å². The largest absolute Gasteiger partial charge is 0.467 e. The van der Waals surface area contributed by atoms with E-state index in [0.29, 0.717) is 0 Å². The molecule has 94 valence electrons. The van der Waals surface area contributed by atoms with Crippen LogP contribution >= 0.6 is 0 Å². The summed E-state index contributed by atoms with van der Waals surface area (Å²) >= 11 is 0. The van der Waals surface area contributed by atoms with Crippen molar-refractivity contribution >= 4 is 11.9 Å². The summed E-state index contributed by atoms with van der Waals surface area (Å²) in [5.41, 5.74) is 0. The molecule has 1 unspecified atom stereocenters. The van der Waals surface area contributed by atoms with Gasteiger partial charge in [0.2, 0.25) is 5.91 Å². The number of nitrogens with one attached hydrogen (secondary N) is 1. The first-order valence-corrected chi connectivity index (χ1v) is 4.68. The minimum absolute atomic E-state index is 0.0173. The molecular weight excluding hydrogens is 222 g/mol. The van der Waals surface area contributed by atoms with Crippen LogP contribution in [0.2, 0.25) is 0 Å². The molecule has 0 rings (SSSR count). The maximum atomic E-state index is 12.0. The maximum Gasteiger partial charge on any atom is 0.329 e. The van der Waals surface area contributed by atoms with Crippen molar-refractivity contribution in [2.75, 3.05) is 27.2 Å². The van der Waals surface area contributed by atoms with Gasteiger partial charge in [-0.1, -0.05) is 0 Å². The van der Waals surface area contributed by atoms with Gasteiger partial charge in [-0.15, -0.1) is 0 Å². The van der Waals surface area contributed by atoms with E-state index in [-0.39, 0.29) is 6.54 Å². The van der Waals surface area contributed by atoms with Crippen molar-refractivity contribution in [3.63, 3.8) is 0 Å². The molecule has 0 bridgehead atoms. The first kappa shape index (κ1) is 14.8. The monoisotopic (exact) mass is 238 g/mol. The van der Waals surface area contributed by atoms with E-state index in [1.54, 1.807) is 0 Å². The van der Waals surface area contributed by atoms with E-state index in [1.807, 2.05) is 0 Å². The Bertz CT molecular complexity index is 249. The van der Waals surface area contributed by atoms with Crippen LogP contribution in [0, 0.1) is 0 Å². The van der Waals surface area contributed by atoms with Gasteiger partial charge in [-0.3, -0.25) is 9.69 Å². The number of hydrogen-bond donors (Lipinski definition) is 1. The highest BCUT2D eigenvalue weighted by atomic mass is 19.3. The predicted molar refractivity (Wildman–Crippen MR) is 53.1 cm³/mol. The number of likely N-dealkylation sites (N-methyl/N-ethyl adjacent to an activating group) is 1. The van der Waals surface area contributed by atoms with Gasteiger partial charge in [-0.05, 0) is 7.05 Å². The molecule has 0 saturated carbocycles. The predicted octanol–water partition coefficient (Wildman–Crippen LogP) is -0.139. The molecule has 0 aliphatic carbocycles. The minimum atomic E-state index is -2.49. The molecule has 0 heterocycles. The number of alkyl halides is 2. The van der Waals surface area contributed by atoms with Crippen molar-refractivity contribution in [2.24, 2.45) is 0 Å². The van der Waals surface area contributed by atoms with E-state index in [1.165, 1.54) is 26.0 Å². The molecule has 0 radical (unpaired) electrons. The number of hydrogen-bond acceptors (Lipinski definition) is 4. The smallest absolute Gasteiger partial charge is 0.329 e. The normalized spacial score (nSPS) is 12.7. The summed E-state index contributed by atoms with van der Waals surface area (Å²) in [6.07, 6.45) is -2.49. The van der Waals surface area contributed by atoms with Gasteiger partial charge in [0.25, 0.3) is 6.43 Å². The number of rotatable bonds is 6. The molecule has 1 amide bonds. The number of methoxy groups -OCH3 is 1. The fourth-order valence-corrected chi connectivity index (χ4v) is 1.19. The molecule has 0 aromatic heterocycles. The van der Waals surface area contributed by atoms with Crippen LogP contribution in [0.15, 0.2) is 0 Å². The molecule has 0 aromatic rings. The van der Waals surface area contributed by atoms with Gasteiger partial charge in [-0.2, -0.15) is 0 Å². The van der Waals surface area contributed by atoms with Crippen LogP contribution in [-0.4, -0.2) is 56.5 Å². The molecule has 0 fully saturated rings. The van der Waals surface area contributed by atoms with Gasteiger partial charge in [0.1, 0.15) is 6.04 Å². The highest BCUT2D eigenvalue weighted by molar-refractivity contribution is 5.83. The second-order valence-electron chi connectivity index (χ2n) is 3.39. The summed E-state index contributed by atoms with van der Waals surface area (Å²) in [5.74, 6) is -1.07. The summed E-state index contributed by atoms with van der Waals surface area (Å²) in [6.45, 7) is 0.757. The third kappa shape index (κ3) is 6.28. The summed E-state index contributed by atoms with van der Waals surface area (Å²) in [7, 11) is 2.61. The number of carbonyl (C=O) groups is 2. The van der Waals surface area contributed by atoms with Crippen molar-refractivity contribution < 1.29 is 23.1 Å². The zero-order chi connectivity index (χ0) is 12.7.